The first kappa shape index (κ1) is 24.6. The topological polar surface area (TPSA) is 0 Å². The Morgan fingerprint density at radius 2 is 0.811 bits per heavy atom. The average Bonchev–Trinajstić information content (AvgIpc) is 2.84. The van der Waals surface area contributed by atoms with Crippen LogP contribution in [-0.2, 0) is 6.18 Å². The fraction of sp³-hybridized carbons (Fsp3) is 0.0370. The second kappa shape index (κ2) is 8.50. The van der Waals surface area contributed by atoms with Crippen molar-refractivity contribution >= 4 is 21.5 Å². The van der Waals surface area contributed by atoms with Gasteiger partial charge in [0.05, 0.1) is 5.56 Å². The van der Waals surface area contributed by atoms with Crippen LogP contribution in [0.2, 0.25) is 0 Å². The molecule has 0 aromatic heterocycles. The van der Waals surface area contributed by atoms with E-state index in [1.54, 1.807) is 0 Å². The molecule has 0 aliphatic carbocycles. The predicted molar refractivity (Wildman–Crippen MR) is 117 cm³/mol. The van der Waals surface area contributed by atoms with Crippen molar-refractivity contribution in [3.05, 3.63) is 107 Å². The number of rotatable bonds is 2. The molecule has 0 bridgehead atoms. The van der Waals surface area contributed by atoms with Gasteiger partial charge in [0.2, 0.25) is 0 Å². The smallest absolute Gasteiger partial charge is 0.204 e. The number of fused-ring (bicyclic) bond motifs is 2. The van der Waals surface area contributed by atoms with Crippen LogP contribution in [0.5, 0.6) is 0 Å². The maximum atomic E-state index is 15.1. The minimum Gasteiger partial charge on any atom is -0.204 e. The quantitative estimate of drug-likeness (QED) is 0.0935. The van der Waals surface area contributed by atoms with E-state index in [2.05, 4.69) is 0 Å². The summed E-state index contributed by atoms with van der Waals surface area (Å²) in [6.45, 7) is 0. The van der Waals surface area contributed by atoms with E-state index < -0.39 is 63.6 Å². The SMILES string of the molecule is Fc1cc(-c2c3ccccc3c(-c3c(F)c(F)c(C(F)(F)F)c(F)c3F)c3ccccc23)cc(F)c1F. The molecule has 0 heterocycles. The second-order valence-corrected chi connectivity index (χ2v) is 8.10. The Morgan fingerprint density at radius 1 is 0.432 bits per heavy atom. The standard InChI is InChI=1S/C27H10F10/c28-16-9-11(10-17(29)22(16)30)18-12-5-1-3-7-14(12)19(15-8-4-2-6-13(15)18)20-23(31)25(33)21(27(35,36)37)26(34)24(20)32/h1-10H. The zero-order valence-electron chi connectivity index (χ0n) is 18.1. The zero-order chi connectivity index (χ0) is 26.8. The van der Waals surface area contributed by atoms with Gasteiger partial charge in [0.1, 0.15) is 5.56 Å². The van der Waals surface area contributed by atoms with Gasteiger partial charge >= 0.3 is 6.18 Å². The van der Waals surface area contributed by atoms with E-state index >= 15 is 8.78 Å². The minimum absolute atomic E-state index is 0.0705. The lowest BCUT2D eigenvalue weighted by atomic mass is 9.85. The van der Waals surface area contributed by atoms with Crippen LogP contribution in [0.1, 0.15) is 5.56 Å². The molecule has 0 N–H and O–H groups in total. The van der Waals surface area contributed by atoms with Crippen molar-refractivity contribution in [1.82, 2.24) is 0 Å². The summed E-state index contributed by atoms with van der Waals surface area (Å²) in [4.78, 5) is 0. The van der Waals surface area contributed by atoms with Crippen LogP contribution in [0.3, 0.4) is 0 Å². The highest BCUT2D eigenvalue weighted by Crippen LogP contribution is 2.47. The summed E-state index contributed by atoms with van der Waals surface area (Å²) in [6.07, 6.45) is -5.72. The molecule has 0 aliphatic rings. The Morgan fingerprint density at radius 3 is 1.19 bits per heavy atom. The van der Waals surface area contributed by atoms with Crippen molar-refractivity contribution in [2.24, 2.45) is 0 Å². The van der Waals surface area contributed by atoms with Crippen molar-refractivity contribution in [1.29, 1.82) is 0 Å². The molecular weight excluding hydrogens is 514 g/mol. The predicted octanol–water partition coefficient (Wildman–Crippen LogP) is 9.32. The number of benzene rings is 5. The molecular formula is C27H10F10. The van der Waals surface area contributed by atoms with Crippen molar-refractivity contribution in [2.45, 2.75) is 6.18 Å². The third-order valence-corrected chi connectivity index (χ3v) is 6.00. The molecule has 0 amide bonds. The van der Waals surface area contributed by atoms with E-state index in [-0.39, 0.29) is 32.7 Å². The van der Waals surface area contributed by atoms with Gasteiger partial charge in [-0.3, -0.25) is 0 Å². The third-order valence-electron chi connectivity index (χ3n) is 6.00. The molecule has 0 saturated carbocycles. The molecule has 0 fully saturated rings. The first-order valence-electron chi connectivity index (χ1n) is 10.4. The monoisotopic (exact) mass is 524 g/mol. The Labute approximate surface area is 201 Å². The molecule has 188 valence electrons. The average molecular weight is 524 g/mol. The third kappa shape index (κ3) is 3.70. The van der Waals surface area contributed by atoms with Crippen molar-refractivity contribution < 1.29 is 43.9 Å². The van der Waals surface area contributed by atoms with Gasteiger partial charge in [-0.05, 0) is 44.8 Å². The van der Waals surface area contributed by atoms with Crippen LogP contribution in [0.15, 0.2) is 60.7 Å². The van der Waals surface area contributed by atoms with Gasteiger partial charge < -0.3 is 0 Å². The van der Waals surface area contributed by atoms with E-state index in [1.807, 2.05) is 0 Å². The Kier molecular flexibility index (Phi) is 5.65. The highest BCUT2D eigenvalue weighted by Gasteiger charge is 2.43. The van der Waals surface area contributed by atoms with Gasteiger partial charge in [-0.15, -0.1) is 0 Å². The molecule has 0 aliphatic heterocycles. The van der Waals surface area contributed by atoms with Gasteiger partial charge in [0.25, 0.3) is 0 Å². The number of hydrogen-bond acceptors (Lipinski definition) is 0. The minimum atomic E-state index is -5.72. The lowest BCUT2D eigenvalue weighted by Gasteiger charge is -2.20. The Balaban J connectivity index is 2.00. The van der Waals surface area contributed by atoms with E-state index in [4.69, 9.17) is 0 Å². The van der Waals surface area contributed by atoms with Crippen molar-refractivity contribution in [3.63, 3.8) is 0 Å². The summed E-state index contributed by atoms with van der Waals surface area (Å²) in [7, 11) is 0. The van der Waals surface area contributed by atoms with Crippen LogP contribution < -0.4 is 0 Å². The molecule has 5 aromatic rings. The van der Waals surface area contributed by atoms with Gasteiger partial charge in [-0.25, -0.2) is 30.7 Å². The lowest BCUT2D eigenvalue weighted by Crippen LogP contribution is -2.16. The van der Waals surface area contributed by atoms with Gasteiger partial charge in [-0.1, -0.05) is 48.5 Å². The van der Waals surface area contributed by atoms with E-state index in [9.17, 15) is 35.1 Å². The number of halogens is 10. The lowest BCUT2D eigenvalue weighted by molar-refractivity contribution is -0.143. The van der Waals surface area contributed by atoms with Gasteiger partial charge in [0.15, 0.2) is 40.7 Å². The van der Waals surface area contributed by atoms with Crippen molar-refractivity contribution in [3.8, 4) is 22.3 Å². The first-order valence-corrected chi connectivity index (χ1v) is 10.4. The largest absolute Gasteiger partial charge is 0.422 e. The van der Waals surface area contributed by atoms with Gasteiger partial charge in [0, 0.05) is 5.56 Å². The molecule has 0 atom stereocenters. The van der Waals surface area contributed by atoms with Crippen LogP contribution in [0.4, 0.5) is 43.9 Å². The fourth-order valence-corrected chi connectivity index (χ4v) is 4.51. The normalized spacial score (nSPS) is 12.1. The molecule has 10 heteroatoms. The summed E-state index contributed by atoms with van der Waals surface area (Å²) in [6, 6.07) is 12.3. The van der Waals surface area contributed by atoms with Crippen LogP contribution in [-0.4, -0.2) is 0 Å². The molecule has 0 spiro atoms. The summed E-state index contributed by atoms with van der Waals surface area (Å²) in [5, 5.41) is -0.0577. The first-order chi connectivity index (χ1) is 17.4. The van der Waals surface area contributed by atoms with Crippen LogP contribution in [0.25, 0.3) is 43.8 Å². The van der Waals surface area contributed by atoms with Crippen molar-refractivity contribution in [2.75, 3.05) is 0 Å². The van der Waals surface area contributed by atoms with Crippen LogP contribution in [0, 0.1) is 40.7 Å². The molecule has 0 saturated heterocycles. The zero-order valence-corrected chi connectivity index (χ0v) is 18.1. The van der Waals surface area contributed by atoms with E-state index in [1.165, 1.54) is 48.5 Å². The van der Waals surface area contributed by atoms with Gasteiger partial charge in [-0.2, -0.15) is 13.2 Å². The highest BCUT2D eigenvalue weighted by atomic mass is 19.4. The Hall–Kier alpha value is -4.08. The highest BCUT2D eigenvalue weighted by molar-refractivity contribution is 6.21. The van der Waals surface area contributed by atoms with Crippen LogP contribution >= 0.6 is 0 Å². The van der Waals surface area contributed by atoms with E-state index in [0.717, 1.165) is 0 Å². The molecule has 0 nitrogen and oxygen atoms in total. The Bertz CT molecular complexity index is 1630. The molecule has 37 heavy (non-hydrogen) atoms. The summed E-state index contributed by atoms with van der Waals surface area (Å²) in [5.41, 5.74) is -4.67. The molecule has 5 aromatic carbocycles. The number of alkyl halides is 3. The fourth-order valence-electron chi connectivity index (χ4n) is 4.51. The summed E-state index contributed by atoms with van der Waals surface area (Å²) >= 11 is 0. The summed E-state index contributed by atoms with van der Waals surface area (Å²) < 4.78 is 141. The number of hydrogen-bond donors (Lipinski definition) is 0. The molecule has 0 radical (unpaired) electrons. The molecule has 0 unspecified atom stereocenters. The summed E-state index contributed by atoms with van der Waals surface area (Å²) in [5.74, 6) is -14.6. The maximum absolute atomic E-state index is 15.1. The second-order valence-electron chi connectivity index (χ2n) is 8.10. The molecule has 5 rings (SSSR count). The maximum Gasteiger partial charge on any atom is 0.422 e. The van der Waals surface area contributed by atoms with E-state index in [0.29, 0.717) is 12.1 Å².